The summed E-state index contributed by atoms with van der Waals surface area (Å²) in [6.45, 7) is 0. The zero-order valence-electron chi connectivity index (χ0n) is 34.8. The lowest BCUT2D eigenvalue weighted by molar-refractivity contribution is 1.18. The van der Waals surface area contributed by atoms with Crippen molar-refractivity contribution in [1.29, 1.82) is 0 Å². The van der Waals surface area contributed by atoms with Crippen LogP contribution >= 0.6 is 0 Å². The number of benzene rings is 11. The molecule has 0 saturated heterocycles. The number of hydrogen-bond donors (Lipinski definition) is 0. The predicted octanol–water partition coefficient (Wildman–Crippen LogP) is 16.8. The van der Waals surface area contributed by atoms with E-state index in [-0.39, 0.29) is 0 Å². The standard InChI is InChI=1S/C62H38N2/c1-2-17-44(18-3-1)63-59-34-30-42(37-56(59)53-33-28-39-14-4-5-20-46(39)62(53)63)41-31-35-60-55(36-41)50-23-9-11-27-58(50)64(60)57-26-10-8-22-49(57)47-21-7-6-19-45(47)43-29-32-48-51-24-12-15-40-16-13-25-52(61(40)51)54(48)38-43/h1-38H. The number of nitrogens with zero attached hydrogens (tertiary/aromatic N) is 2. The van der Waals surface area contributed by atoms with Crippen molar-refractivity contribution >= 4 is 65.2 Å². The van der Waals surface area contributed by atoms with Gasteiger partial charge in [-0.05, 0) is 121 Å². The van der Waals surface area contributed by atoms with Gasteiger partial charge in [0.05, 0.1) is 27.8 Å². The number of rotatable bonds is 5. The van der Waals surface area contributed by atoms with E-state index in [1.807, 2.05) is 0 Å². The first kappa shape index (κ1) is 35.2. The van der Waals surface area contributed by atoms with Crippen LogP contribution in [0, 0.1) is 0 Å². The highest BCUT2D eigenvalue weighted by Crippen LogP contribution is 2.49. The molecule has 0 unspecified atom stereocenters. The van der Waals surface area contributed by atoms with Crippen molar-refractivity contribution in [2.24, 2.45) is 0 Å². The molecule has 11 aromatic carbocycles. The van der Waals surface area contributed by atoms with E-state index in [1.54, 1.807) is 0 Å². The summed E-state index contributed by atoms with van der Waals surface area (Å²) in [6.07, 6.45) is 0. The Hall–Kier alpha value is -8.46. The smallest absolute Gasteiger partial charge is 0.0619 e. The van der Waals surface area contributed by atoms with Gasteiger partial charge in [-0.1, -0.05) is 176 Å². The van der Waals surface area contributed by atoms with E-state index in [9.17, 15) is 0 Å². The number of fused-ring (bicyclic) bond motifs is 11. The second-order valence-corrected chi connectivity index (χ2v) is 17.2. The number of aromatic nitrogens is 2. The third kappa shape index (κ3) is 5.02. The van der Waals surface area contributed by atoms with E-state index in [4.69, 9.17) is 0 Å². The van der Waals surface area contributed by atoms with Crippen molar-refractivity contribution in [3.8, 4) is 67.0 Å². The fraction of sp³-hybridized carbons (Fsp3) is 0. The summed E-state index contributed by atoms with van der Waals surface area (Å²) in [5.74, 6) is 0. The van der Waals surface area contributed by atoms with Crippen LogP contribution in [0.15, 0.2) is 231 Å². The minimum absolute atomic E-state index is 1.16. The summed E-state index contributed by atoms with van der Waals surface area (Å²) in [7, 11) is 0. The SMILES string of the molecule is c1ccc(-n2c3ccc(-c4ccc5c(c4)c4ccccc4n5-c4ccccc4-c4ccccc4-c4ccc5c(c4)-c4cccc6cccc-5c46)cc3c3ccc4ccccc4c32)cc1. The Bertz CT molecular complexity index is 4060. The average molecular weight is 811 g/mol. The van der Waals surface area contributed by atoms with Crippen molar-refractivity contribution in [3.05, 3.63) is 231 Å². The molecule has 14 rings (SSSR count). The zero-order valence-corrected chi connectivity index (χ0v) is 34.8. The highest BCUT2D eigenvalue weighted by Gasteiger charge is 2.23. The summed E-state index contributed by atoms with van der Waals surface area (Å²) in [4.78, 5) is 0. The van der Waals surface area contributed by atoms with Crippen LogP contribution in [0.25, 0.3) is 132 Å². The molecule has 0 aliphatic heterocycles. The Morgan fingerprint density at radius 3 is 1.62 bits per heavy atom. The second-order valence-electron chi connectivity index (χ2n) is 17.2. The Morgan fingerprint density at radius 2 is 0.812 bits per heavy atom. The lowest BCUT2D eigenvalue weighted by atomic mass is 9.91. The van der Waals surface area contributed by atoms with Crippen LogP contribution in [0.4, 0.5) is 0 Å². The molecule has 1 aliphatic rings. The van der Waals surface area contributed by atoms with E-state index in [0.29, 0.717) is 0 Å². The quantitative estimate of drug-likeness (QED) is 0.164. The molecule has 2 nitrogen and oxygen atoms in total. The summed E-state index contributed by atoms with van der Waals surface area (Å²) in [5.41, 5.74) is 19.7. The number of para-hydroxylation sites is 3. The topological polar surface area (TPSA) is 9.86 Å². The molecule has 2 heteroatoms. The Labute approximate surface area is 370 Å². The highest BCUT2D eigenvalue weighted by molar-refractivity contribution is 6.20. The van der Waals surface area contributed by atoms with Crippen LogP contribution in [0.2, 0.25) is 0 Å². The maximum atomic E-state index is 2.47. The first-order chi connectivity index (χ1) is 31.8. The lowest BCUT2D eigenvalue weighted by Crippen LogP contribution is -1.98. The summed E-state index contributed by atoms with van der Waals surface area (Å²) >= 11 is 0. The van der Waals surface area contributed by atoms with E-state index < -0.39 is 0 Å². The largest absolute Gasteiger partial charge is 0.309 e. The van der Waals surface area contributed by atoms with Gasteiger partial charge in [0, 0.05) is 38.2 Å². The monoisotopic (exact) mass is 810 g/mol. The minimum atomic E-state index is 1.16. The normalized spacial score (nSPS) is 12.1. The van der Waals surface area contributed by atoms with Gasteiger partial charge in [0.1, 0.15) is 0 Å². The van der Waals surface area contributed by atoms with Crippen molar-refractivity contribution < 1.29 is 0 Å². The summed E-state index contributed by atoms with van der Waals surface area (Å²) < 4.78 is 4.91. The first-order valence-corrected chi connectivity index (χ1v) is 22.2. The van der Waals surface area contributed by atoms with Gasteiger partial charge in [0.15, 0.2) is 0 Å². The second kappa shape index (κ2) is 13.5. The third-order valence-electron chi connectivity index (χ3n) is 13.8. The van der Waals surface area contributed by atoms with Gasteiger partial charge in [-0.25, -0.2) is 0 Å². The Kier molecular flexibility index (Phi) is 7.43. The van der Waals surface area contributed by atoms with E-state index in [0.717, 1.165) is 5.69 Å². The Morgan fingerprint density at radius 1 is 0.250 bits per heavy atom. The molecule has 2 heterocycles. The fourth-order valence-corrected chi connectivity index (χ4v) is 11.0. The molecule has 0 fully saturated rings. The van der Waals surface area contributed by atoms with Crippen molar-refractivity contribution in [3.63, 3.8) is 0 Å². The van der Waals surface area contributed by atoms with Gasteiger partial charge in [0.2, 0.25) is 0 Å². The van der Waals surface area contributed by atoms with Crippen LogP contribution in [0.1, 0.15) is 0 Å². The molecule has 2 aromatic heterocycles. The summed E-state index contributed by atoms with van der Waals surface area (Å²) in [6, 6.07) is 85.3. The molecule has 0 atom stereocenters. The van der Waals surface area contributed by atoms with Gasteiger partial charge in [-0.3, -0.25) is 0 Å². The predicted molar refractivity (Wildman–Crippen MR) is 271 cm³/mol. The zero-order chi connectivity index (χ0) is 41.9. The molecule has 1 aliphatic carbocycles. The van der Waals surface area contributed by atoms with Gasteiger partial charge in [0.25, 0.3) is 0 Å². The van der Waals surface area contributed by atoms with E-state index in [1.165, 1.54) is 126 Å². The molecule has 13 aromatic rings. The average Bonchev–Trinajstić information content (AvgIpc) is 4.00. The number of hydrogen-bond acceptors (Lipinski definition) is 0. The Balaban J connectivity index is 0.925. The van der Waals surface area contributed by atoms with Crippen LogP contribution < -0.4 is 0 Å². The van der Waals surface area contributed by atoms with Crippen molar-refractivity contribution in [2.45, 2.75) is 0 Å². The maximum Gasteiger partial charge on any atom is 0.0619 e. The summed E-state index contributed by atoms with van der Waals surface area (Å²) in [5, 5.41) is 10.1. The molecular weight excluding hydrogens is 773 g/mol. The lowest BCUT2D eigenvalue weighted by Gasteiger charge is -2.17. The minimum Gasteiger partial charge on any atom is -0.309 e. The third-order valence-corrected chi connectivity index (χ3v) is 13.8. The fourth-order valence-electron chi connectivity index (χ4n) is 11.0. The van der Waals surface area contributed by atoms with Gasteiger partial charge < -0.3 is 9.13 Å². The van der Waals surface area contributed by atoms with Crippen LogP contribution in [-0.4, -0.2) is 9.13 Å². The van der Waals surface area contributed by atoms with Gasteiger partial charge >= 0.3 is 0 Å². The molecule has 0 saturated carbocycles. The molecule has 0 radical (unpaired) electrons. The molecule has 0 N–H and O–H groups in total. The van der Waals surface area contributed by atoms with Crippen molar-refractivity contribution in [1.82, 2.24) is 9.13 Å². The van der Waals surface area contributed by atoms with Gasteiger partial charge in [-0.2, -0.15) is 0 Å². The van der Waals surface area contributed by atoms with Crippen LogP contribution in [-0.2, 0) is 0 Å². The molecule has 0 spiro atoms. The first-order valence-electron chi connectivity index (χ1n) is 22.2. The van der Waals surface area contributed by atoms with E-state index in [2.05, 4.69) is 240 Å². The molecule has 296 valence electrons. The van der Waals surface area contributed by atoms with Crippen LogP contribution in [0.3, 0.4) is 0 Å². The van der Waals surface area contributed by atoms with Crippen molar-refractivity contribution in [2.75, 3.05) is 0 Å². The highest BCUT2D eigenvalue weighted by atomic mass is 15.0. The van der Waals surface area contributed by atoms with Gasteiger partial charge in [-0.15, -0.1) is 0 Å². The molecular formula is C62H38N2. The van der Waals surface area contributed by atoms with Crippen LogP contribution in [0.5, 0.6) is 0 Å². The molecule has 64 heavy (non-hydrogen) atoms. The van der Waals surface area contributed by atoms with E-state index >= 15 is 0 Å². The maximum absolute atomic E-state index is 2.47. The molecule has 0 bridgehead atoms. The molecule has 0 amide bonds.